The largest absolute Gasteiger partial charge is 0.363 e. The minimum atomic E-state index is 0.174. The smallest absolute Gasteiger partial charge is 0.220 e. The van der Waals surface area contributed by atoms with Crippen LogP contribution in [0.2, 0.25) is 0 Å². The molecular weight excluding hydrogens is 222 g/mol. The molecule has 2 aliphatic heterocycles. The maximum absolute atomic E-state index is 11.0. The average molecular weight is 241 g/mol. The molecule has 1 amide bonds. The van der Waals surface area contributed by atoms with Crippen molar-refractivity contribution in [2.75, 3.05) is 13.1 Å². The van der Waals surface area contributed by atoms with E-state index in [0.29, 0.717) is 17.6 Å². The molecule has 1 saturated heterocycles. The monoisotopic (exact) mass is 241 g/mol. The van der Waals surface area contributed by atoms with Crippen molar-refractivity contribution in [3.05, 3.63) is 0 Å². The highest BCUT2D eigenvalue weighted by molar-refractivity contribution is 8.14. The lowest BCUT2D eigenvalue weighted by molar-refractivity contribution is -0.119. The molecule has 0 aliphatic carbocycles. The van der Waals surface area contributed by atoms with E-state index in [1.807, 2.05) is 11.8 Å². The number of nitrogens with zero attached hydrogens (tertiary/aromatic N) is 1. The van der Waals surface area contributed by atoms with Gasteiger partial charge in [0, 0.05) is 24.3 Å². The maximum atomic E-state index is 11.0. The summed E-state index contributed by atoms with van der Waals surface area (Å²) >= 11 is 1.83. The van der Waals surface area contributed by atoms with Crippen molar-refractivity contribution in [1.29, 1.82) is 0 Å². The van der Waals surface area contributed by atoms with Crippen LogP contribution in [-0.2, 0) is 4.79 Å². The van der Waals surface area contributed by atoms with Gasteiger partial charge in [-0.15, -0.1) is 0 Å². The summed E-state index contributed by atoms with van der Waals surface area (Å²) in [5, 5.41) is 7.93. The molecule has 90 valence electrons. The lowest BCUT2D eigenvalue weighted by Gasteiger charge is -2.14. The number of carbonyl (C=O) groups is 1. The van der Waals surface area contributed by atoms with E-state index in [1.54, 1.807) is 0 Å². The van der Waals surface area contributed by atoms with E-state index >= 15 is 0 Å². The summed E-state index contributed by atoms with van der Waals surface area (Å²) in [5.74, 6) is 0.840. The molecular formula is C11H19N3OS. The lowest BCUT2D eigenvalue weighted by atomic mass is 10.1. The minimum absolute atomic E-state index is 0.174. The molecule has 0 radical (unpaired) electrons. The second-order valence-electron chi connectivity index (χ2n) is 4.73. The third-order valence-electron chi connectivity index (χ3n) is 3.01. The van der Waals surface area contributed by atoms with E-state index in [1.165, 1.54) is 0 Å². The highest BCUT2D eigenvalue weighted by Gasteiger charge is 2.24. The van der Waals surface area contributed by atoms with Crippen LogP contribution in [0, 0.1) is 5.92 Å². The van der Waals surface area contributed by atoms with Gasteiger partial charge >= 0.3 is 0 Å². The molecule has 0 spiro atoms. The van der Waals surface area contributed by atoms with E-state index in [0.717, 1.165) is 24.7 Å². The first-order chi connectivity index (χ1) is 7.65. The van der Waals surface area contributed by atoms with Crippen molar-refractivity contribution >= 4 is 22.8 Å². The highest BCUT2D eigenvalue weighted by Crippen LogP contribution is 2.25. The summed E-state index contributed by atoms with van der Waals surface area (Å²) in [5.41, 5.74) is 0. The summed E-state index contributed by atoms with van der Waals surface area (Å²) < 4.78 is 0. The number of amidine groups is 1. The van der Waals surface area contributed by atoms with Crippen LogP contribution in [0.1, 0.15) is 26.7 Å². The number of amides is 1. The number of carbonyl (C=O) groups excluding carboxylic acids is 1. The van der Waals surface area contributed by atoms with Crippen LogP contribution in [-0.4, -0.2) is 35.5 Å². The van der Waals surface area contributed by atoms with Gasteiger partial charge < -0.3 is 10.6 Å². The highest BCUT2D eigenvalue weighted by atomic mass is 32.2. The van der Waals surface area contributed by atoms with Gasteiger partial charge in [0.25, 0.3) is 0 Å². The summed E-state index contributed by atoms with van der Waals surface area (Å²) in [7, 11) is 0. The fourth-order valence-corrected chi connectivity index (χ4v) is 2.90. The first-order valence-electron chi connectivity index (χ1n) is 5.89. The van der Waals surface area contributed by atoms with Crippen LogP contribution in [0.4, 0.5) is 0 Å². The molecule has 0 aromatic heterocycles. The number of rotatable bonds is 3. The van der Waals surface area contributed by atoms with Crippen molar-refractivity contribution in [1.82, 2.24) is 10.6 Å². The molecule has 16 heavy (non-hydrogen) atoms. The predicted molar refractivity (Wildman–Crippen MR) is 67.7 cm³/mol. The Bertz CT molecular complexity index is 304. The van der Waals surface area contributed by atoms with Crippen LogP contribution < -0.4 is 10.6 Å². The average Bonchev–Trinajstić information content (AvgIpc) is 2.83. The number of aliphatic imine (C=N–C) groups is 1. The van der Waals surface area contributed by atoms with E-state index in [-0.39, 0.29) is 11.9 Å². The summed E-state index contributed by atoms with van der Waals surface area (Å²) in [6.07, 6.45) is 1.61. The zero-order valence-electron chi connectivity index (χ0n) is 9.82. The number of hydrogen-bond acceptors (Lipinski definition) is 4. The maximum Gasteiger partial charge on any atom is 0.220 e. The second kappa shape index (κ2) is 5.08. The fraction of sp³-hybridized carbons (Fsp3) is 0.818. The van der Waals surface area contributed by atoms with Gasteiger partial charge in [0.05, 0.1) is 6.54 Å². The van der Waals surface area contributed by atoms with Crippen molar-refractivity contribution in [3.8, 4) is 0 Å². The quantitative estimate of drug-likeness (QED) is 0.774. The third kappa shape index (κ3) is 2.90. The van der Waals surface area contributed by atoms with Crippen LogP contribution in [0.5, 0.6) is 0 Å². The van der Waals surface area contributed by atoms with E-state index in [2.05, 4.69) is 29.5 Å². The SMILES string of the molecule is CC(C)C1CN=C(NCC2CCC(=O)N2)S1. The molecule has 0 bridgehead atoms. The van der Waals surface area contributed by atoms with Crippen LogP contribution >= 0.6 is 11.8 Å². The van der Waals surface area contributed by atoms with E-state index in [9.17, 15) is 4.79 Å². The Balaban J connectivity index is 1.70. The molecule has 5 heteroatoms. The minimum Gasteiger partial charge on any atom is -0.363 e. The Morgan fingerprint density at radius 3 is 3.00 bits per heavy atom. The van der Waals surface area contributed by atoms with Gasteiger partial charge in [0.2, 0.25) is 5.91 Å². The Labute approximate surface area is 101 Å². The molecule has 0 aromatic rings. The number of nitrogens with one attached hydrogen (secondary N) is 2. The Morgan fingerprint density at radius 1 is 1.62 bits per heavy atom. The molecule has 0 aromatic carbocycles. The molecule has 1 fully saturated rings. The standard InChI is InChI=1S/C11H19N3OS/c1-7(2)9-6-13-11(16-9)12-5-8-3-4-10(15)14-8/h7-9H,3-6H2,1-2H3,(H,12,13)(H,14,15). The van der Waals surface area contributed by atoms with Gasteiger partial charge in [-0.1, -0.05) is 25.6 Å². The number of hydrogen-bond donors (Lipinski definition) is 2. The Kier molecular flexibility index (Phi) is 3.74. The van der Waals surface area contributed by atoms with Crippen molar-refractivity contribution < 1.29 is 4.79 Å². The zero-order chi connectivity index (χ0) is 11.5. The van der Waals surface area contributed by atoms with Gasteiger partial charge in [-0.3, -0.25) is 9.79 Å². The molecule has 2 heterocycles. The van der Waals surface area contributed by atoms with E-state index in [4.69, 9.17) is 0 Å². The molecule has 2 aliphatic rings. The molecule has 2 N–H and O–H groups in total. The van der Waals surface area contributed by atoms with Gasteiger partial charge in [0.1, 0.15) is 0 Å². The lowest BCUT2D eigenvalue weighted by Crippen LogP contribution is -2.37. The van der Waals surface area contributed by atoms with Crippen molar-refractivity contribution in [3.63, 3.8) is 0 Å². The Hall–Kier alpha value is -0.710. The number of thioether (sulfide) groups is 1. The first-order valence-corrected chi connectivity index (χ1v) is 6.77. The van der Waals surface area contributed by atoms with E-state index < -0.39 is 0 Å². The Morgan fingerprint density at radius 2 is 2.44 bits per heavy atom. The normalized spacial score (nSPS) is 29.4. The zero-order valence-corrected chi connectivity index (χ0v) is 10.6. The summed E-state index contributed by atoms with van der Waals surface area (Å²) in [6, 6.07) is 0.286. The molecule has 4 nitrogen and oxygen atoms in total. The third-order valence-corrected chi connectivity index (χ3v) is 4.50. The molecule has 2 unspecified atom stereocenters. The molecule has 2 atom stereocenters. The topological polar surface area (TPSA) is 53.5 Å². The first kappa shape index (κ1) is 11.8. The summed E-state index contributed by atoms with van der Waals surface area (Å²) in [6.45, 7) is 6.19. The fourth-order valence-electron chi connectivity index (χ4n) is 1.88. The summed E-state index contributed by atoms with van der Waals surface area (Å²) in [4.78, 5) is 15.5. The van der Waals surface area contributed by atoms with Gasteiger partial charge in [0.15, 0.2) is 5.17 Å². The van der Waals surface area contributed by atoms with Crippen molar-refractivity contribution in [2.24, 2.45) is 10.9 Å². The van der Waals surface area contributed by atoms with Gasteiger partial charge in [-0.25, -0.2) is 0 Å². The second-order valence-corrected chi connectivity index (χ2v) is 5.96. The molecule has 0 saturated carbocycles. The van der Waals surface area contributed by atoms with Crippen LogP contribution in [0.15, 0.2) is 4.99 Å². The van der Waals surface area contributed by atoms with Crippen LogP contribution in [0.25, 0.3) is 0 Å². The predicted octanol–water partition coefficient (Wildman–Crippen LogP) is 0.982. The van der Waals surface area contributed by atoms with Gasteiger partial charge in [-0.2, -0.15) is 0 Å². The van der Waals surface area contributed by atoms with Crippen molar-refractivity contribution in [2.45, 2.75) is 38.0 Å². The van der Waals surface area contributed by atoms with Crippen LogP contribution in [0.3, 0.4) is 0 Å². The van der Waals surface area contributed by atoms with Gasteiger partial charge in [-0.05, 0) is 12.3 Å². The molecule has 2 rings (SSSR count).